The maximum atomic E-state index is 9.27. The Morgan fingerprint density at radius 2 is 2.30 bits per heavy atom. The van der Waals surface area contributed by atoms with Crippen molar-refractivity contribution in [2.45, 2.75) is 18.9 Å². The smallest absolute Gasteiger partial charge is 0.0652 e. The zero-order valence-corrected chi connectivity index (χ0v) is 6.64. The van der Waals surface area contributed by atoms with Crippen molar-refractivity contribution in [1.29, 1.82) is 0 Å². The van der Waals surface area contributed by atoms with Crippen LogP contribution < -0.4 is 0 Å². The van der Waals surface area contributed by atoms with Gasteiger partial charge in [0.2, 0.25) is 0 Å². The molecule has 0 spiro atoms. The summed E-state index contributed by atoms with van der Waals surface area (Å²) < 4.78 is 0. The molecule has 0 bridgehead atoms. The molecular weight excluding hydrogens is 144 g/mol. The highest BCUT2D eigenvalue weighted by Gasteiger charge is 2.46. The molecule has 0 aromatic carbocycles. The zero-order valence-electron chi connectivity index (χ0n) is 5.82. The lowest BCUT2D eigenvalue weighted by Gasteiger charge is -1.86. The van der Waals surface area contributed by atoms with E-state index in [2.05, 4.69) is 18.4 Å². The maximum Gasteiger partial charge on any atom is 0.0652 e. The van der Waals surface area contributed by atoms with E-state index in [1.807, 2.05) is 6.07 Å². The van der Waals surface area contributed by atoms with Crippen LogP contribution in [-0.2, 0) is 0 Å². The number of aliphatic hydroxyl groups is 1. The molecule has 1 nitrogen and oxygen atoms in total. The molecule has 10 heavy (non-hydrogen) atoms. The highest BCUT2D eigenvalue weighted by molar-refractivity contribution is 7.10. The number of rotatable bonds is 1. The largest absolute Gasteiger partial charge is 0.392 e. The van der Waals surface area contributed by atoms with Gasteiger partial charge in [-0.2, -0.15) is 0 Å². The molecule has 1 aliphatic carbocycles. The Morgan fingerprint density at radius 1 is 1.60 bits per heavy atom. The molecule has 0 amide bonds. The topological polar surface area (TPSA) is 20.2 Å². The average Bonchev–Trinajstić information content (AvgIpc) is 2.37. The molecule has 1 N–H and O–H groups in total. The molecule has 1 aliphatic rings. The third-order valence-electron chi connectivity index (χ3n) is 2.20. The van der Waals surface area contributed by atoms with Crippen molar-refractivity contribution in [2.24, 2.45) is 5.92 Å². The fraction of sp³-hybridized carbons (Fsp3) is 0.500. The van der Waals surface area contributed by atoms with Crippen molar-refractivity contribution < 1.29 is 5.11 Å². The summed E-state index contributed by atoms with van der Waals surface area (Å²) in [6.07, 6.45) is -0.0707. The summed E-state index contributed by atoms with van der Waals surface area (Å²) in [5.74, 6) is 0.929. The van der Waals surface area contributed by atoms with Crippen molar-refractivity contribution in [3.05, 3.63) is 22.4 Å². The van der Waals surface area contributed by atoms with E-state index in [1.54, 1.807) is 11.3 Å². The second kappa shape index (κ2) is 2.07. The molecule has 0 radical (unpaired) electrons. The Bertz CT molecular complexity index is 209. The van der Waals surface area contributed by atoms with Gasteiger partial charge >= 0.3 is 0 Å². The monoisotopic (exact) mass is 154 g/mol. The highest BCUT2D eigenvalue weighted by atomic mass is 32.1. The second-order valence-corrected chi connectivity index (χ2v) is 3.87. The predicted octanol–water partition coefficient (Wildman–Crippen LogP) is 1.84. The molecule has 2 heteroatoms. The zero-order chi connectivity index (χ0) is 7.14. The van der Waals surface area contributed by atoms with E-state index in [0.29, 0.717) is 11.8 Å². The van der Waals surface area contributed by atoms with Gasteiger partial charge in [0.25, 0.3) is 0 Å². The van der Waals surface area contributed by atoms with Crippen molar-refractivity contribution in [3.63, 3.8) is 0 Å². The lowest BCUT2D eigenvalue weighted by molar-refractivity contribution is 0.259. The van der Waals surface area contributed by atoms with Gasteiger partial charge in [-0.3, -0.25) is 0 Å². The average molecular weight is 154 g/mol. The quantitative estimate of drug-likeness (QED) is 0.654. The molecule has 3 unspecified atom stereocenters. The summed E-state index contributed by atoms with van der Waals surface area (Å²) in [5.41, 5.74) is 0. The minimum Gasteiger partial charge on any atom is -0.392 e. The Kier molecular flexibility index (Phi) is 1.32. The Labute approximate surface area is 64.3 Å². The fourth-order valence-corrected chi connectivity index (χ4v) is 2.33. The standard InChI is InChI=1S/C8H10OS/c1-5-7(8(5)9)6-3-2-4-10-6/h2-5,7-9H,1H3. The van der Waals surface area contributed by atoms with Crippen LogP contribution in [0.25, 0.3) is 0 Å². The van der Waals surface area contributed by atoms with Crippen LogP contribution >= 0.6 is 11.3 Å². The van der Waals surface area contributed by atoms with Crippen LogP contribution in [0.4, 0.5) is 0 Å². The summed E-state index contributed by atoms with van der Waals surface area (Å²) in [6.45, 7) is 2.09. The molecule has 1 fully saturated rings. The molecule has 1 aromatic rings. The van der Waals surface area contributed by atoms with Gasteiger partial charge in [0.05, 0.1) is 6.10 Å². The molecule has 1 saturated carbocycles. The predicted molar refractivity (Wildman–Crippen MR) is 42.2 cm³/mol. The molecule has 1 aromatic heterocycles. The summed E-state index contributed by atoms with van der Waals surface area (Å²) >= 11 is 1.74. The van der Waals surface area contributed by atoms with Gasteiger partial charge in [-0.1, -0.05) is 13.0 Å². The van der Waals surface area contributed by atoms with Crippen molar-refractivity contribution in [1.82, 2.24) is 0 Å². The van der Waals surface area contributed by atoms with E-state index in [4.69, 9.17) is 0 Å². The van der Waals surface area contributed by atoms with E-state index in [0.717, 1.165) is 0 Å². The first-order valence-electron chi connectivity index (χ1n) is 3.52. The third kappa shape index (κ3) is 0.796. The molecule has 0 aliphatic heterocycles. The van der Waals surface area contributed by atoms with E-state index >= 15 is 0 Å². The number of thiophene rings is 1. The molecular formula is C8H10OS. The minimum atomic E-state index is -0.0707. The first-order chi connectivity index (χ1) is 4.80. The summed E-state index contributed by atoms with van der Waals surface area (Å²) in [6, 6.07) is 4.14. The van der Waals surface area contributed by atoms with E-state index < -0.39 is 0 Å². The van der Waals surface area contributed by atoms with Gasteiger partial charge in [-0.25, -0.2) is 0 Å². The summed E-state index contributed by atoms with van der Waals surface area (Å²) in [5, 5.41) is 11.3. The second-order valence-electron chi connectivity index (χ2n) is 2.89. The van der Waals surface area contributed by atoms with Crippen LogP contribution in [0.5, 0.6) is 0 Å². The van der Waals surface area contributed by atoms with Crippen molar-refractivity contribution >= 4 is 11.3 Å². The Hall–Kier alpha value is -0.340. The third-order valence-corrected chi connectivity index (χ3v) is 3.18. The van der Waals surface area contributed by atoms with Crippen LogP contribution in [0, 0.1) is 5.92 Å². The summed E-state index contributed by atoms with van der Waals surface area (Å²) in [4.78, 5) is 1.33. The molecule has 54 valence electrons. The van der Waals surface area contributed by atoms with E-state index in [9.17, 15) is 5.11 Å². The highest BCUT2D eigenvalue weighted by Crippen LogP contribution is 2.48. The van der Waals surface area contributed by atoms with Gasteiger partial charge in [0.1, 0.15) is 0 Å². The van der Waals surface area contributed by atoms with Crippen molar-refractivity contribution in [3.8, 4) is 0 Å². The SMILES string of the molecule is CC1C(O)C1c1cccs1. The van der Waals surface area contributed by atoms with Crippen LogP contribution in [-0.4, -0.2) is 11.2 Å². The Morgan fingerprint density at radius 3 is 2.70 bits per heavy atom. The van der Waals surface area contributed by atoms with Gasteiger partial charge in [-0.05, 0) is 17.4 Å². The first kappa shape index (κ1) is 6.38. The lowest BCUT2D eigenvalue weighted by Crippen LogP contribution is -1.80. The van der Waals surface area contributed by atoms with Crippen LogP contribution in [0.1, 0.15) is 17.7 Å². The van der Waals surface area contributed by atoms with Gasteiger partial charge in [0, 0.05) is 10.8 Å². The summed E-state index contributed by atoms with van der Waals surface area (Å²) in [7, 11) is 0. The fourth-order valence-electron chi connectivity index (χ4n) is 1.35. The van der Waals surface area contributed by atoms with Gasteiger partial charge < -0.3 is 5.11 Å². The van der Waals surface area contributed by atoms with Crippen LogP contribution in [0.2, 0.25) is 0 Å². The normalized spacial score (nSPS) is 38.0. The van der Waals surface area contributed by atoms with Crippen molar-refractivity contribution in [2.75, 3.05) is 0 Å². The number of hydrogen-bond donors (Lipinski definition) is 1. The molecule has 0 saturated heterocycles. The van der Waals surface area contributed by atoms with Crippen LogP contribution in [0.3, 0.4) is 0 Å². The molecule has 3 atom stereocenters. The van der Waals surface area contributed by atoms with E-state index in [1.165, 1.54) is 4.88 Å². The number of aliphatic hydroxyl groups excluding tert-OH is 1. The van der Waals surface area contributed by atoms with E-state index in [-0.39, 0.29) is 6.10 Å². The van der Waals surface area contributed by atoms with Crippen LogP contribution in [0.15, 0.2) is 17.5 Å². The maximum absolute atomic E-state index is 9.27. The Balaban J connectivity index is 2.17. The van der Waals surface area contributed by atoms with Gasteiger partial charge in [0.15, 0.2) is 0 Å². The minimum absolute atomic E-state index is 0.0707. The molecule has 2 rings (SSSR count). The first-order valence-corrected chi connectivity index (χ1v) is 4.40. The molecule has 1 heterocycles. The lowest BCUT2D eigenvalue weighted by atomic mass is 10.3. The van der Waals surface area contributed by atoms with Gasteiger partial charge in [-0.15, -0.1) is 11.3 Å². The number of hydrogen-bond acceptors (Lipinski definition) is 2.